The van der Waals surface area contributed by atoms with Crippen molar-refractivity contribution in [3.63, 3.8) is 0 Å². The number of pyridine rings is 1. The number of nitrogens with zero attached hydrogens (tertiary/aromatic N) is 2. The summed E-state index contributed by atoms with van der Waals surface area (Å²) < 4.78 is 0. The van der Waals surface area contributed by atoms with E-state index in [1.165, 1.54) is 44.3 Å². The third-order valence-electron chi connectivity index (χ3n) is 7.29. The Bertz CT molecular complexity index is 1040. The molecule has 0 amide bonds. The molecule has 1 atom stereocenters. The molecule has 1 fully saturated rings. The van der Waals surface area contributed by atoms with Crippen molar-refractivity contribution in [3.05, 3.63) is 77.5 Å². The molecule has 2 aromatic carbocycles. The quantitative estimate of drug-likeness (QED) is 0.493. The van der Waals surface area contributed by atoms with E-state index in [1.54, 1.807) is 0 Å². The molecule has 2 aliphatic rings. The molecule has 0 saturated carbocycles. The fourth-order valence-corrected chi connectivity index (χ4v) is 5.42. The number of carbonyl (C=O) groups excluding carboxylic acids is 1. The minimum atomic E-state index is 0.189. The fourth-order valence-electron chi connectivity index (χ4n) is 5.42. The number of hydrogen-bond donors (Lipinski definition) is 0. The SMILES string of the molecule is O=C1c2cc3ccccc3nc2CCC1CCCC1CCN(Cc2ccccc2)CC1. The van der Waals surface area contributed by atoms with Gasteiger partial charge < -0.3 is 0 Å². The van der Waals surface area contributed by atoms with Gasteiger partial charge in [0, 0.05) is 23.4 Å². The minimum absolute atomic E-state index is 0.189. The minimum Gasteiger partial charge on any atom is -0.299 e. The summed E-state index contributed by atoms with van der Waals surface area (Å²) in [5, 5.41) is 1.08. The van der Waals surface area contributed by atoms with Crippen LogP contribution in [0, 0.1) is 11.8 Å². The van der Waals surface area contributed by atoms with Crippen molar-refractivity contribution in [2.24, 2.45) is 11.8 Å². The second-order valence-corrected chi connectivity index (χ2v) is 9.41. The number of likely N-dealkylation sites (tertiary alicyclic amines) is 1. The molecule has 1 unspecified atom stereocenters. The Kier molecular flexibility index (Phi) is 6.13. The molecule has 0 N–H and O–H groups in total. The molecule has 5 rings (SSSR count). The Morgan fingerprint density at radius 1 is 0.903 bits per heavy atom. The fraction of sp³-hybridized carbons (Fsp3) is 0.429. The summed E-state index contributed by atoms with van der Waals surface area (Å²) in [6.45, 7) is 3.48. The number of aryl methyl sites for hydroxylation is 1. The van der Waals surface area contributed by atoms with Gasteiger partial charge in [-0.15, -0.1) is 0 Å². The monoisotopic (exact) mass is 412 g/mol. The number of carbonyl (C=O) groups is 1. The van der Waals surface area contributed by atoms with Crippen LogP contribution in [0.3, 0.4) is 0 Å². The van der Waals surface area contributed by atoms with E-state index in [4.69, 9.17) is 4.98 Å². The second kappa shape index (κ2) is 9.32. The van der Waals surface area contributed by atoms with E-state index >= 15 is 0 Å². The number of rotatable bonds is 6. The normalized spacial score (nSPS) is 20.1. The van der Waals surface area contributed by atoms with Crippen molar-refractivity contribution in [1.29, 1.82) is 0 Å². The number of benzene rings is 2. The Morgan fingerprint density at radius 2 is 1.68 bits per heavy atom. The predicted molar refractivity (Wildman–Crippen MR) is 126 cm³/mol. The largest absolute Gasteiger partial charge is 0.299 e. The van der Waals surface area contributed by atoms with E-state index < -0.39 is 0 Å². The lowest BCUT2D eigenvalue weighted by Gasteiger charge is -2.32. The molecule has 1 aromatic heterocycles. The van der Waals surface area contributed by atoms with Crippen LogP contribution in [0.1, 0.15) is 60.1 Å². The van der Waals surface area contributed by atoms with Crippen LogP contribution in [0.5, 0.6) is 0 Å². The lowest BCUT2D eigenvalue weighted by Crippen LogP contribution is -2.33. The van der Waals surface area contributed by atoms with Gasteiger partial charge in [0.2, 0.25) is 0 Å². The van der Waals surface area contributed by atoms with Crippen molar-refractivity contribution in [2.75, 3.05) is 13.1 Å². The lowest BCUT2D eigenvalue weighted by molar-refractivity contribution is 0.0888. The van der Waals surface area contributed by atoms with Gasteiger partial charge in [-0.2, -0.15) is 0 Å². The summed E-state index contributed by atoms with van der Waals surface area (Å²) in [7, 11) is 0. The van der Waals surface area contributed by atoms with Crippen molar-refractivity contribution < 1.29 is 4.79 Å². The maximum Gasteiger partial charge on any atom is 0.167 e. The summed E-state index contributed by atoms with van der Waals surface area (Å²) >= 11 is 0. The molecule has 31 heavy (non-hydrogen) atoms. The van der Waals surface area contributed by atoms with Gasteiger partial charge in [0.15, 0.2) is 5.78 Å². The summed E-state index contributed by atoms with van der Waals surface area (Å²) in [4.78, 5) is 20.5. The standard InChI is InChI=1S/C28H32N2O/c31-28-23(13-14-27-25(28)19-24-10-4-5-12-26(24)29-27)11-6-9-21-15-17-30(18-16-21)20-22-7-2-1-3-8-22/h1-5,7-8,10,12,19,21,23H,6,9,11,13-18,20H2. The molecule has 1 saturated heterocycles. The van der Waals surface area contributed by atoms with E-state index in [9.17, 15) is 4.79 Å². The molecule has 3 heteroatoms. The summed E-state index contributed by atoms with van der Waals surface area (Å²) in [5.74, 6) is 1.34. The molecule has 160 valence electrons. The number of Topliss-reactive ketones (excluding diaryl/α,β-unsaturated/α-hetero) is 1. The van der Waals surface area contributed by atoms with Gasteiger partial charge in [-0.1, -0.05) is 61.4 Å². The van der Waals surface area contributed by atoms with Crippen molar-refractivity contribution in [3.8, 4) is 0 Å². The molecular weight excluding hydrogens is 380 g/mol. The van der Waals surface area contributed by atoms with Gasteiger partial charge in [0.05, 0.1) is 11.2 Å². The molecule has 3 aromatic rings. The summed E-state index contributed by atoms with van der Waals surface area (Å²) in [5.41, 5.74) is 4.31. The van der Waals surface area contributed by atoms with Gasteiger partial charge >= 0.3 is 0 Å². The Morgan fingerprint density at radius 3 is 2.52 bits per heavy atom. The van der Waals surface area contributed by atoms with Crippen LogP contribution in [0.4, 0.5) is 0 Å². The number of para-hydroxylation sites is 1. The molecule has 0 spiro atoms. The van der Waals surface area contributed by atoms with Crippen molar-refractivity contribution in [2.45, 2.75) is 51.5 Å². The average molecular weight is 413 g/mol. The van der Waals surface area contributed by atoms with Crippen LogP contribution in [-0.4, -0.2) is 28.8 Å². The van der Waals surface area contributed by atoms with Crippen molar-refractivity contribution in [1.82, 2.24) is 9.88 Å². The highest BCUT2D eigenvalue weighted by Gasteiger charge is 2.29. The second-order valence-electron chi connectivity index (χ2n) is 9.41. The third-order valence-corrected chi connectivity index (χ3v) is 7.29. The Labute approximate surface area is 185 Å². The number of ketones is 1. The van der Waals surface area contributed by atoms with Gasteiger partial charge in [0.25, 0.3) is 0 Å². The number of hydrogen-bond acceptors (Lipinski definition) is 3. The Hall–Kier alpha value is -2.52. The van der Waals surface area contributed by atoms with Crippen LogP contribution >= 0.6 is 0 Å². The molecule has 1 aliphatic heterocycles. The van der Waals surface area contributed by atoms with Crippen LogP contribution in [-0.2, 0) is 13.0 Å². The molecular formula is C28H32N2O. The Balaban J connectivity index is 1.10. The van der Waals surface area contributed by atoms with E-state index in [1.807, 2.05) is 18.2 Å². The van der Waals surface area contributed by atoms with Crippen LogP contribution in [0.25, 0.3) is 10.9 Å². The first-order chi connectivity index (χ1) is 15.3. The first kappa shape index (κ1) is 20.4. The van der Waals surface area contributed by atoms with Gasteiger partial charge in [-0.05, 0) is 68.8 Å². The zero-order valence-electron chi connectivity index (χ0n) is 18.3. The zero-order valence-corrected chi connectivity index (χ0v) is 18.3. The van der Waals surface area contributed by atoms with Crippen LogP contribution < -0.4 is 0 Å². The number of fused-ring (bicyclic) bond motifs is 2. The predicted octanol–water partition coefficient (Wildman–Crippen LogP) is 6.06. The topological polar surface area (TPSA) is 33.2 Å². The molecule has 2 heterocycles. The molecule has 3 nitrogen and oxygen atoms in total. The first-order valence-corrected chi connectivity index (χ1v) is 12.0. The van der Waals surface area contributed by atoms with E-state index in [0.29, 0.717) is 5.78 Å². The zero-order chi connectivity index (χ0) is 21.0. The van der Waals surface area contributed by atoms with Crippen molar-refractivity contribution >= 4 is 16.7 Å². The van der Waals surface area contributed by atoms with Crippen LogP contribution in [0.2, 0.25) is 0 Å². The van der Waals surface area contributed by atoms with Gasteiger partial charge in [0.1, 0.15) is 0 Å². The lowest BCUT2D eigenvalue weighted by atomic mass is 9.81. The molecule has 0 bridgehead atoms. The van der Waals surface area contributed by atoms with E-state index in [-0.39, 0.29) is 5.92 Å². The maximum absolute atomic E-state index is 13.1. The average Bonchev–Trinajstić information content (AvgIpc) is 2.81. The highest BCUT2D eigenvalue weighted by molar-refractivity contribution is 6.02. The molecule has 0 radical (unpaired) electrons. The van der Waals surface area contributed by atoms with Gasteiger partial charge in [-0.25, -0.2) is 0 Å². The van der Waals surface area contributed by atoms with Gasteiger partial charge in [-0.3, -0.25) is 14.7 Å². The highest BCUT2D eigenvalue weighted by atomic mass is 16.1. The van der Waals surface area contributed by atoms with Crippen LogP contribution in [0.15, 0.2) is 60.7 Å². The first-order valence-electron chi connectivity index (χ1n) is 12.0. The number of aromatic nitrogens is 1. The maximum atomic E-state index is 13.1. The molecule has 1 aliphatic carbocycles. The summed E-state index contributed by atoms with van der Waals surface area (Å²) in [6, 6.07) is 21.0. The highest BCUT2D eigenvalue weighted by Crippen LogP contribution is 2.31. The smallest absolute Gasteiger partial charge is 0.167 e. The van der Waals surface area contributed by atoms with E-state index in [2.05, 4.69) is 47.4 Å². The summed E-state index contributed by atoms with van der Waals surface area (Å²) in [6.07, 6.45) is 7.98. The number of piperidine rings is 1. The van der Waals surface area contributed by atoms with E-state index in [0.717, 1.165) is 53.9 Å². The third kappa shape index (κ3) is 4.72.